The van der Waals surface area contributed by atoms with Crippen molar-refractivity contribution in [2.75, 3.05) is 5.73 Å². The van der Waals surface area contributed by atoms with Gasteiger partial charge >= 0.3 is 16.4 Å². The molecule has 0 spiro atoms. The number of benzene rings is 1. The molecule has 2 radical (unpaired) electrons. The Bertz CT molecular complexity index is 503. The van der Waals surface area contributed by atoms with Crippen molar-refractivity contribution < 1.29 is 27.1 Å². The number of rotatable bonds is 3. The third-order valence-corrected chi connectivity index (χ3v) is 1.82. The Morgan fingerprint density at radius 3 is 2.24 bits per heavy atom. The fourth-order valence-corrected chi connectivity index (χ4v) is 1.27. The molecule has 7 nitrogen and oxygen atoms in total. The van der Waals surface area contributed by atoms with Gasteiger partial charge in [0.2, 0.25) is 0 Å². The van der Waals surface area contributed by atoms with Gasteiger partial charge in [0, 0.05) is 108 Å². The van der Waals surface area contributed by atoms with Crippen LogP contribution in [0.5, 0.6) is 5.75 Å². The molecule has 0 aliphatic rings. The molecule has 0 aromatic heterocycles. The van der Waals surface area contributed by atoms with Crippen LogP contribution in [-0.4, -0.2) is 127 Å². The summed E-state index contributed by atoms with van der Waals surface area (Å²) in [4.78, 5) is 10.6. The van der Waals surface area contributed by atoms with Gasteiger partial charge in [-0.2, -0.15) is 8.42 Å². The van der Waals surface area contributed by atoms with Crippen molar-refractivity contribution in [3.8, 4) is 5.75 Å². The first kappa shape index (κ1) is 20.8. The average molecular weight is 311 g/mol. The molecule has 10 heteroatoms. The molecule has 0 unspecified atom stereocenters. The molecule has 0 fully saturated rings. The molecule has 0 heterocycles. The van der Waals surface area contributed by atoms with Crippen LogP contribution in [0.4, 0.5) is 5.69 Å². The number of hydrogen-bond acceptors (Lipinski definition) is 5. The van der Waals surface area contributed by atoms with E-state index in [9.17, 15) is 13.2 Å². The van der Waals surface area contributed by atoms with Crippen LogP contribution < -0.4 is 9.92 Å². The molecule has 0 atom stereocenters. The first-order valence-corrected chi connectivity index (χ1v) is 4.96. The fourth-order valence-electron chi connectivity index (χ4n) is 0.901. The van der Waals surface area contributed by atoms with Gasteiger partial charge < -0.3 is 15.0 Å². The molecule has 0 aliphatic heterocycles. The molecule has 4 N–H and O–H groups in total. The van der Waals surface area contributed by atoms with Crippen molar-refractivity contribution in [1.82, 2.24) is 0 Å². The summed E-state index contributed by atoms with van der Waals surface area (Å²) in [5, 5.41) is 8.67. The SMILES string of the molecule is Nc1ccc(OS(=O)(=O)O)c(C(=O)O)c1.[K].[K]. The first-order valence-electron chi connectivity index (χ1n) is 3.59. The number of nitrogens with two attached hydrogens (primary N) is 1. The van der Waals surface area contributed by atoms with Crippen molar-refractivity contribution >= 4 is 125 Å². The summed E-state index contributed by atoms with van der Waals surface area (Å²) >= 11 is 0. The Labute approximate surface area is 183 Å². The van der Waals surface area contributed by atoms with Gasteiger partial charge in [-0.1, -0.05) is 0 Å². The van der Waals surface area contributed by atoms with E-state index in [4.69, 9.17) is 15.4 Å². The second-order valence-electron chi connectivity index (χ2n) is 2.57. The van der Waals surface area contributed by atoms with Crippen LogP contribution in [0, 0.1) is 0 Å². The molecule has 1 rings (SSSR count). The van der Waals surface area contributed by atoms with Crippen LogP contribution in [-0.2, 0) is 10.4 Å². The minimum atomic E-state index is -4.75. The molecular formula is C7H7K2NO6S. The van der Waals surface area contributed by atoms with E-state index in [1.54, 1.807) is 0 Å². The van der Waals surface area contributed by atoms with Crippen LogP contribution in [0.25, 0.3) is 0 Å². The Morgan fingerprint density at radius 2 is 1.82 bits per heavy atom. The Kier molecular flexibility index (Phi) is 10.5. The number of anilines is 1. The van der Waals surface area contributed by atoms with Crippen LogP contribution >= 0.6 is 0 Å². The smallest absolute Gasteiger partial charge is 0.446 e. The van der Waals surface area contributed by atoms with Crippen molar-refractivity contribution in [1.29, 1.82) is 0 Å². The summed E-state index contributed by atoms with van der Waals surface area (Å²) in [6, 6.07) is 3.29. The second kappa shape index (κ2) is 8.61. The van der Waals surface area contributed by atoms with E-state index in [1.165, 1.54) is 6.07 Å². The minimum absolute atomic E-state index is 0. The Hall–Kier alpha value is 1.47. The summed E-state index contributed by atoms with van der Waals surface area (Å²) in [5.41, 5.74) is 4.98. The van der Waals surface area contributed by atoms with Crippen LogP contribution in [0.3, 0.4) is 0 Å². The summed E-state index contributed by atoms with van der Waals surface area (Å²) < 4.78 is 33.2. The fraction of sp³-hybridized carbons (Fsp3) is 0. The van der Waals surface area contributed by atoms with Gasteiger partial charge in [0.15, 0.2) is 5.75 Å². The average Bonchev–Trinajstić information content (AvgIpc) is 2.05. The van der Waals surface area contributed by atoms with Gasteiger partial charge in [-0.25, -0.2) is 4.79 Å². The summed E-state index contributed by atoms with van der Waals surface area (Å²) in [6.45, 7) is 0. The summed E-state index contributed by atoms with van der Waals surface area (Å²) in [7, 11) is -4.75. The van der Waals surface area contributed by atoms with Crippen molar-refractivity contribution in [3.63, 3.8) is 0 Å². The largest absolute Gasteiger partial charge is 0.478 e. The molecule has 0 saturated carbocycles. The number of carboxylic acids is 1. The molecule has 0 aliphatic carbocycles. The van der Waals surface area contributed by atoms with Crippen molar-refractivity contribution in [2.24, 2.45) is 0 Å². The summed E-state index contributed by atoms with van der Waals surface area (Å²) in [5.74, 6) is -1.92. The third-order valence-electron chi connectivity index (χ3n) is 1.43. The van der Waals surface area contributed by atoms with Crippen molar-refractivity contribution in [3.05, 3.63) is 23.8 Å². The molecule has 17 heavy (non-hydrogen) atoms. The van der Waals surface area contributed by atoms with Gasteiger partial charge in [-0.15, -0.1) is 0 Å². The predicted octanol–water partition coefficient (Wildman–Crippen LogP) is -0.613. The zero-order valence-electron chi connectivity index (χ0n) is 9.25. The molecular weight excluding hydrogens is 304 g/mol. The second-order valence-corrected chi connectivity index (χ2v) is 3.59. The Balaban J connectivity index is 0. The molecule has 0 amide bonds. The van der Waals surface area contributed by atoms with Gasteiger partial charge in [0.25, 0.3) is 0 Å². The van der Waals surface area contributed by atoms with E-state index in [1.807, 2.05) is 0 Å². The van der Waals surface area contributed by atoms with E-state index in [0.29, 0.717) is 0 Å². The molecule has 0 saturated heterocycles. The van der Waals surface area contributed by atoms with Gasteiger partial charge in [-0.3, -0.25) is 4.55 Å². The van der Waals surface area contributed by atoms with Crippen molar-refractivity contribution in [2.45, 2.75) is 0 Å². The van der Waals surface area contributed by atoms with Crippen LogP contribution in [0.1, 0.15) is 10.4 Å². The van der Waals surface area contributed by atoms with E-state index in [0.717, 1.165) is 12.1 Å². The molecule has 1 aromatic rings. The van der Waals surface area contributed by atoms with Gasteiger partial charge in [0.1, 0.15) is 5.56 Å². The van der Waals surface area contributed by atoms with E-state index in [2.05, 4.69) is 4.18 Å². The van der Waals surface area contributed by atoms with Crippen LogP contribution in [0.15, 0.2) is 18.2 Å². The monoisotopic (exact) mass is 311 g/mol. The number of carbonyl (C=O) groups is 1. The van der Waals surface area contributed by atoms with Crippen LogP contribution in [0.2, 0.25) is 0 Å². The van der Waals surface area contributed by atoms with E-state index < -0.39 is 27.7 Å². The standard InChI is InChI=1S/C7H7NO6S.2K/c8-4-1-2-6(14-15(11,12)13)5(3-4)7(9)10;;/h1-3H,8H2,(H,9,10)(H,11,12,13);;. The number of aromatic carboxylic acids is 1. The number of hydrogen-bond donors (Lipinski definition) is 3. The maximum atomic E-state index is 10.6. The minimum Gasteiger partial charge on any atom is -0.478 e. The quantitative estimate of drug-likeness (QED) is 0.386. The maximum absolute atomic E-state index is 10.6. The zero-order valence-corrected chi connectivity index (χ0v) is 16.3. The van der Waals surface area contributed by atoms with Gasteiger partial charge in [0.05, 0.1) is 0 Å². The van der Waals surface area contributed by atoms with E-state index in [-0.39, 0.29) is 108 Å². The van der Waals surface area contributed by atoms with Gasteiger partial charge in [-0.05, 0) is 18.2 Å². The number of nitrogen functional groups attached to an aromatic ring is 1. The topological polar surface area (TPSA) is 127 Å². The first-order chi connectivity index (χ1) is 6.79. The third kappa shape index (κ3) is 7.59. The molecule has 84 valence electrons. The number of carboxylic acid groups (broad SMARTS) is 1. The maximum Gasteiger partial charge on any atom is 0.446 e. The Morgan fingerprint density at radius 1 is 1.29 bits per heavy atom. The molecule has 0 bridgehead atoms. The summed E-state index contributed by atoms with van der Waals surface area (Å²) in [6.07, 6.45) is 0. The predicted molar refractivity (Wildman–Crippen MR) is 61.5 cm³/mol. The molecule has 1 aromatic carbocycles. The zero-order chi connectivity index (χ0) is 11.6. The normalized spacial score (nSPS) is 9.71. The van der Waals surface area contributed by atoms with E-state index >= 15 is 0 Å².